The molecule has 0 saturated heterocycles. The highest BCUT2D eigenvalue weighted by Crippen LogP contribution is 2.45. The topological polar surface area (TPSA) is 52.0 Å². The Bertz CT molecular complexity index is 907. The molecule has 2 heteroatoms. The number of hydrogen-bond acceptors (Lipinski definition) is 2. The zero-order valence-corrected chi connectivity index (χ0v) is 12.1. The third-order valence-electron chi connectivity index (χ3n) is 4.06. The molecule has 106 valence electrons. The summed E-state index contributed by atoms with van der Waals surface area (Å²) in [6.45, 7) is 0. The summed E-state index contributed by atoms with van der Waals surface area (Å²) in [5.74, 6) is 0. The molecule has 0 heterocycles. The molecular formula is C20H16N2. The van der Waals surface area contributed by atoms with E-state index in [2.05, 4.69) is 42.5 Å². The molecule has 4 rings (SSSR count). The van der Waals surface area contributed by atoms with Crippen molar-refractivity contribution in [2.75, 3.05) is 11.5 Å². The molecule has 3 aromatic carbocycles. The van der Waals surface area contributed by atoms with Gasteiger partial charge in [-0.05, 0) is 63.7 Å². The molecule has 0 amide bonds. The maximum atomic E-state index is 6.00. The van der Waals surface area contributed by atoms with Gasteiger partial charge >= 0.3 is 0 Å². The zero-order chi connectivity index (χ0) is 15.1. The fraction of sp³-hybridized carbons (Fsp3) is 0. The average Bonchev–Trinajstić information content (AvgIpc) is 2.81. The molecule has 0 fully saturated rings. The van der Waals surface area contributed by atoms with E-state index in [0.29, 0.717) is 0 Å². The van der Waals surface area contributed by atoms with Gasteiger partial charge in [-0.2, -0.15) is 0 Å². The van der Waals surface area contributed by atoms with E-state index < -0.39 is 0 Å². The maximum Gasteiger partial charge on any atom is 0.0320 e. The lowest BCUT2D eigenvalue weighted by atomic mass is 10.0. The van der Waals surface area contributed by atoms with Gasteiger partial charge in [0.25, 0.3) is 0 Å². The average molecular weight is 284 g/mol. The third kappa shape index (κ3) is 1.97. The minimum Gasteiger partial charge on any atom is -0.399 e. The van der Waals surface area contributed by atoms with Crippen LogP contribution in [0, 0.1) is 0 Å². The fourth-order valence-electron chi connectivity index (χ4n) is 3.09. The molecular weight excluding hydrogens is 268 g/mol. The van der Waals surface area contributed by atoms with Crippen molar-refractivity contribution in [1.29, 1.82) is 0 Å². The number of rotatable bonds is 1. The predicted molar refractivity (Wildman–Crippen MR) is 94.1 cm³/mol. The van der Waals surface area contributed by atoms with E-state index in [0.717, 1.165) is 16.9 Å². The van der Waals surface area contributed by atoms with E-state index in [-0.39, 0.29) is 0 Å². The molecule has 0 aliphatic heterocycles. The minimum atomic E-state index is 0.772. The molecule has 3 aromatic rings. The van der Waals surface area contributed by atoms with Crippen molar-refractivity contribution < 1.29 is 0 Å². The largest absolute Gasteiger partial charge is 0.399 e. The van der Waals surface area contributed by atoms with E-state index in [1.807, 2.05) is 30.3 Å². The standard InChI is InChI=1S/C20H16N2/c21-14-5-3-4-13(10-14)11-19-17-7-2-1-6-16(17)18-9-8-15(22)12-20(18)19/h1-12H,21-22H2/b19-11+. The van der Waals surface area contributed by atoms with E-state index >= 15 is 0 Å². The van der Waals surface area contributed by atoms with Gasteiger partial charge in [0.05, 0.1) is 0 Å². The van der Waals surface area contributed by atoms with Gasteiger partial charge in [-0.3, -0.25) is 0 Å². The molecule has 1 aliphatic carbocycles. The van der Waals surface area contributed by atoms with Gasteiger partial charge in [0.1, 0.15) is 0 Å². The van der Waals surface area contributed by atoms with Crippen LogP contribution in [-0.2, 0) is 0 Å². The first-order chi connectivity index (χ1) is 10.7. The first-order valence-electron chi connectivity index (χ1n) is 7.29. The lowest BCUT2D eigenvalue weighted by Crippen LogP contribution is -1.88. The Kier molecular flexibility index (Phi) is 2.76. The van der Waals surface area contributed by atoms with Crippen molar-refractivity contribution in [1.82, 2.24) is 0 Å². The van der Waals surface area contributed by atoms with Crippen molar-refractivity contribution in [2.45, 2.75) is 0 Å². The van der Waals surface area contributed by atoms with Crippen LogP contribution in [0.4, 0.5) is 11.4 Å². The summed E-state index contributed by atoms with van der Waals surface area (Å²) in [5, 5.41) is 0. The van der Waals surface area contributed by atoms with Gasteiger partial charge in [0.2, 0.25) is 0 Å². The second-order valence-corrected chi connectivity index (χ2v) is 5.58. The Morgan fingerprint density at radius 3 is 2.14 bits per heavy atom. The van der Waals surface area contributed by atoms with Gasteiger partial charge in [-0.15, -0.1) is 0 Å². The normalized spacial score (nSPS) is 13.9. The summed E-state index contributed by atoms with van der Waals surface area (Å²) < 4.78 is 0. The lowest BCUT2D eigenvalue weighted by molar-refractivity contribution is 1.62. The van der Waals surface area contributed by atoms with Crippen LogP contribution >= 0.6 is 0 Å². The second kappa shape index (κ2) is 4.78. The summed E-state index contributed by atoms with van der Waals surface area (Å²) in [5.41, 5.74) is 20.7. The van der Waals surface area contributed by atoms with E-state index in [1.54, 1.807) is 0 Å². The van der Waals surface area contributed by atoms with Crippen molar-refractivity contribution in [3.05, 3.63) is 83.4 Å². The number of nitrogen functional groups attached to an aromatic ring is 2. The molecule has 0 bridgehead atoms. The van der Waals surface area contributed by atoms with Crippen LogP contribution in [0.25, 0.3) is 22.8 Å². The van der Waals surface area contributed by atoms with Crippen molar-refractivity contribution in [2.24, 2.45) is 0 Å². The minimum absolute atomic E-state index is 0.772. The Balaban J connectivity index is 1.98. The first kappa shape index (κ1) is 12.7. The summed E-state index contributed by atoms with van der Waals surface area (Å²) in [4.78, 5) is 0. The van der Waals surface area contributed by atoms with Crippen molar-refractivity contribution >= 4 is 23.0 Å². The van der Waals surface area contributed by atoms with E-state index in [1.165, 1.54) is 27.8 Å². The summed E-state index contributed by atoms with van der Waals surface area (Å²) in [6.07, 6.45) is 2.18. The van der Waals surface area contributed by atoms with Crippen LogP contribution in [0.15, 0.2) is 66.7 Å². The van der Waals surface area contributed by atoms with E-state index in [4.69, 9.17) is 11.5 Å². The highest BCUT2D eigenvalue weighted by atomic mass is 14.5. The summed E-state index contributed by atoms with van der Waals surface area (Å²) in [6, 6.07) is 22.5. The van der Waals surface area contributed by atoms with Crippen LogP contribution in [0.2, 0.25) is 0 Å². The number of anilines is 2. The second-order valence-electron chi connectivity index (χ2n) is 5.58. The Hall–Kier alpha value is -3.00. The molecule has 0 unspecified atom stereocenters. The third-order valence-corrected chi connectivity index (χ3v) is 4.06. The van der Waals surface area contributed by atoms with Crippen molar-refractivity contribution in [3.8, 4) is 11.1 Å². The summed E-state index contributed by atoms with van der Waals surface area (Å²) >= 11 is 0. The monoisotopic (exact) mass is 284 g/mol. The first-order valence-corrected chi connectivity index (χ1v) is 7.29. The molecule has 0 radical (unpaired) electrons. The molecule has 4 N–H and O–H groups in total. The van der Waals surface area contributed by atoms with Gasteiger partial charge in [0.15, 0.2) is 0 Å². The smallest absolute Gasteiger partial charge is 0.0320 e. The van der Waals surface area contributed by atoms with Crippen molar-refractivity contribution in [3.63, 3.8) is 0 Å². The van der Waals surface area contributed by atoms with Crippen LogP contribution in [0.3, 0.4) is 0 Å². The zero-order valence-electron chi connectivity index (χ0n) is 12.1. The van der Waals surface area contributed by atoms with Gasteiger partial charge < -0.3 is 11.5 Å². The quantitative estimate of drug-likeness (QED) is 0.508. The Labute approximate surface area is 129 Å². The number of nitrogens with two attached hydrogens (primary N) is 2. The molecule has 22 heavy (non-hydrogen) atoms. The fourth-order valence-corrected chi connectivity index (χ4v) is 3.09. The highest BCUT2D eigenvalue weighted by molar-refractivity contribution is 6.07. The van der Waals surface area contributed by atoms with E-state index in [9.17, 15) is 0 Å². The maximum absolute atomic E-state index is 6.00. The van der Waals surface area contributed by atoms with Crippen LogP contribution in [0.5, 0.6) is 0 Å². The predicted octanol–water partition coefficient (Wildman–Crippen LogP) is 4.42. The van der Waals surface area contributed by atoms with Gasteiger partial charge in [-0.25, -0.2) is 0 Å². The highest BCUT2D eigenvalue weighted by Gasteiger charge is 2.22. The SMILES string of the molecule is Nc1cccc(/C=C2\c3ccccc3-c3ccc(N)cc32)c1. The van der Waals surface area contributed by atoms with Crippen LogP contribution < -0.4 is 11.5 Å². The molecule has 0 saturated carbocycles. The Morgan fingerprint density at radius 1 is 0.591 bits per heavy atom. The molecule has 0 spiro atoms. The number of fused-ring (bicyclic) bond motifs is 3. The lowest BCUT2D eigenvalue weighted by Gasteiger charge is -2.05. The van der Waals surface area contributed by atoms with Gasteiger partial charge in [0, 0.05) is 11.4 Å². The van der Waals surface area contributed by atoms with Crippen LogP contribution in [0.1, 0.15) is 16.7 Å². The number of hydrogen-bond donors (Lipinski definition) is 2. The Morgan fingerprint density at radius 2 is 1.32 bits per heavy atom. The summed E-state index contributed by atoms with van der Waals surface area (Å²) in [7, 11) is 0. The molecule has 0 aromatic heterocycles. The van der Waals surface area contributed by atoms with Gasteiger partial charge in [-0.1, -0.05) is 42.5 Å². The van der Waals surface area contributed by atoms with Crippen LogP contribution in [-0.4, -0.2) is 0 Å². The molecule has 0 atom stereocenters. The number of benzene rings is 3. The molecule has 2 nitrogen and oxygen atoms in total. The molecule has 1 aliphatic rings.